The molecule has 0 aromatic rings. The van der Waals surface area contributed by atoms with Crippen molar-refractivity contribution in [3.8, 4) is 0 Å². The topological polar surface area (TPSA) is 82.1 Å². The first kappa shape index (κ1) is 32.5. The third-order valence-corrected chi connectivity index (χ3v) is 11.6. The highest BCUT2D eigenvalue weighted by molar-refractivity contribution is 7.75. The van der Waals surface area contributed by atoms with E-state index in [1.165, 1.54) is 16.7 Å². The van der Waals surface area contributed by atoms with E-state index in [1.54, 1.807) is 20.8 Å². The maximum absolute atomic E-state index is 13.4. The van der Waals surface area contributed by atoms with Crippen molar-refractivity contribution in [3.05, 3.63) is 34.9 Å². The van der Waals surface area contributed by atoms with Crippen molar-refractivity contribution in [2.45, 2.75) is 98.8 Å². The predicted octanol–water partition coefficient (Wildman–Crippen LogP) is 8.43. The minimum atomic E-state index is -3.69. The number of hydrogen-bond donors (Lipinski definition) is 1. The normalized spacial score (nSPS) is 15.9. The van der Waals surface area contributed by atoms with Gasteiger partial charge in [-0.15, -0.1) is 0 Å². The first-order valence-electron chi connectivity index (χ1n) is 12.3. The van der Waals surface area contributed by atoms with Crippen molar-refractivity contribution in [2.75, 3.05) is 26.2 Å². The van der Waals surface area contributed by atoms with Gasteiger partial charge in [0.2, 0.25) is 7.37 Å². The van der Waals surface area contributed by atoms with Gasteiger partial charge in [0.15, 0.2) is 0 Å². The highest BCUT2D eigenvalue weighted by Crippen LogP contribution is 2.70. The molecule has 2 unspecified atom stereocenters. The van der Waals surface area contributed by atoms with E-state index in [0.717, 1.165) is 32.1 Å². The summed E-state index contributed by atoms with van der Waals surface area (Å²) in [6.07, 6.45) is 12.0. The second-order valence-corrected chi connectivity index (χ2v) is 13.8. The number of rotatable bonds is 19. The van der Waals surface area contributed by atoms with Gasteiger partial charge in [0.1, 0.15) is 11.7 Å². The van der Waals surface area contributed by atoms with Gasteiger partial charge in [-0.05, 0) is 93.4 Å². The minimum Gasteiger partial charge on any atom is -0.386 e. The fourth-order valence-electron chi connectivity index (χ4n) is 3.57. The largest absolute Gasteiger partial charge is 0.386 e. The molecule has 194 valence electrons. The Hall–Kier alpha value is -0.480. The van der Waals surface area contributed by atoms with Crippen LogP contribution in [0.5, 0.6) is 0 Å². The molecule has 1 N–H and O–H groups in total. The monoisotopic (exact) mass is 506 g/mol. The second-order valence-electron chi connectivity index (χ2n) is 8.53. The van der Waals surface area contributed by atoms with E-state index in [-0.39, 0.29) is 19.8 Å². The van der Waals surface area contributed by atoms with Crippen LogP contribution >= 0.6 is 15.0 Å². The van der Waals surface area contributed by atoms with Crippen molar-refractivity contribution < 1.29 is 27.8 Å². The average Bonchev–Trinajstić information content (AvgIpc) is 2.73. The highest BCUT2D eigenvalue weighted by Gasteiger charge is 2.48. The lowest BCUT2D eigenvalue weighted by Crippen LogP contribution is -2.18. The van der Waals surface area contributed by atoms with Crippen molar-refractivity contribution in [3.63, 3.8) is 0 Å². The molecule has 0 aromatic carbocycles. The van der Waals surface area contributed by atoms with Crippen LogP contribution in [0, 0.1) is 0 Å². The molecular formula is C25H48O6P2. The van der Waals surface area contributed by atoms with Gasteiger partial charge in [-0.1, -0.05) is 34.9 Å². The van der Waals surface area contributed by atoms with Crippen molar-refractivity contribution in [1.82, 2.24) is 0 Å². The molecule has 0 rings (SSSR count). The zero-order chi connectivity index (χ0) is 25.3. The lowest BCUT2D eigenvalue weighted by Gasteiger charge is -2.31. The standard InChI is InChI=1S/C25H48O6P2/c1-8-29-32(27,21-26)25(33(28,30-9-2)31-10-3)20-12-11-16-23(6)18-14-19-24(7)17-13-15-22(4)5/h15-16,19,25-26H,8-14,17-18,20-21H2,1-7H3/b23-16+,24-19+. The Labute approximate surface area is 202 Å². The summed E-state index contributed by atoms with van der Waals surface area (Å²) in [5.74, 6) is 0. The third-order valence-electron chi connectivity index (χ3n) is 5.26. The van der Waals surface area contributed by atoms with Crippen LogP contribution < -0.4 is 0 Å². The quantitative estimate of drug-likeness (QED) is 0.108. The molecule has 6 nitrogen and oxygen atoms in total. The van der Waals surface area contributed by atoms with Crippen LogP contribution in [0.3, 0.4) is 0 Å². The third kappa shape index (κ3) is 13.3. The van der Waals surface area contributed by atoms with E-state index in [1.807, 2.05) is 0 Å². The van der Waals surface area contributed by atoms with Crippen LogP contribution in [-0.4, -0.2) is 36.7 Å². The van der Waals surface area contributed by atoms with Gasteiger partial charge in [0.25, 0.3) is 0 Å². The molecule has 0 heterocycles. The molecular weight excluding hydrogens is 458 g/mol. The van der Waals surface area contributed by atoms with Crippen LogP contribution in [0.25, 0.3) is 0 Å². The van der Waals surface area contributed by atoms with Crippen LogP contribution in [0.2, 0.25) is 0 Å². The van der Waals surface area contributed by atoms with Gasteiger partial charge in [-0.3, -0.25) is 9.13 Å². The molecule has 0 saturated carbocycles. The number of hydrogen-bond acceptors (Lipinski definition) is 6. The molecule has 0 amide bonds. The molecule has 0 aliphatic rings. The first-order valence-corrected chi connectivity index (χ1v) is 15.7. The van der Waals surface area contributed by atoms with Gasteiger partial charge < -0.3 is 18.7 Å². The molecule has 0 aliphatic carbocycles. The zero-order valence-corrected chi connectivity index (χ0v) is 23.8. The SMILES string of the molecule is CCOP(=O)(CO)C(CCC/C=C(\C)CC/C=C(\C)CCC=C(C)C)P(=O)(OCC)OCC. The predicted molar refractivity (Wildman–Crippen MR) is 140 cm³/mol. The molecule has 0 bridgehead atoms. The van der Waals surface area contributed by atoms with Crippen molar-refractivity contribution >= 4 is 15.0 Å². The second kappa shape index (κ2) is 17.9. The lowest BCUT2D eigenvalue weighted by molar-refractivity contribution is 0.211. The Balaban J connectivity index is 5.00. The smallest absolute Gasteiger partial charge is 0.343 e. The molecule has 2 atom stereocenters. The van der Waals surface area contributed by atoms with Gasteiger partial charge in [-0.2, -0.15) is 0 Å². The van der Waals surface area contributed by atoms with Crippen LogP contribution in [0.15, 0.2) is 34.9 Å². The summed E-state index contributed by atoms with van der Waals surface area (Å²) in [6, 6.07) is 0. The van der Waals surface area contributed by atoms with E-state index < -0.39 is 26.7 Å². The van der Waals surface area contributed by atoms with Crippen LogP contribution in [0.1, 0.15) is 93.4 Å². The molecule has 0 aliphatic heterocycles. The molecule has 0 radical (unpaired) electrons. The first-order chi connectivity index (χ1) is 15.6. The Bertz CT molecular complexity index is 712. The fourth-order valence-corrected chi connectivity index (χ4v) is 9.20. The zero-order valence-electron chi connectivity index (χ0n) is 22.0. The molecule has 0 spiro atoms. The molecule has 8 heteroatoms. The Morgan fingerprint density at radius 1 is 0.788 bits per heavy atom. The van der Waals surface area contributed by atoms with Gasteiger partial charge in [0.05, 0.1) is 19.8 Å². The molecule has 0 saturated heterocycles. The van der Waals surface area contributed by atoms with Gasteiger partial charge in [-0.25, -0.2) is 0 Å². The van der Waals surface area contributed by atoms with E-state index in [9.17, 15) is 14.2 Å². The minimum absolute atomic E-state index is 0.160. The number of aliphatic hydroxyl groups is 1. The van der Waals surface area contributed by atoms with Crippen molar-refractivity contribution in [1.29, 1.82) is 0 Å². The fraction of sp³-hybridized carbons (Fsp3) is 0.760. The summed E-state index contributed by atoms with van der Waals surface area (Å²) >= 11 is 0. The van der Waals surface area contributed by atoms with Gasteiger partial charge in [0, 0.05) is 0 Å². The maximum Gasteiger partial charge on any atom is 0.343 e. The van der Waals surface area contributed by atoms with Gasteiger partial charge >= 0.3 is 7.60 Å². The van der Waals surface area contributed by atoms with E-state index in [4.69, 9.17) is 13.6 Å². The summed E-state index contributed by atoms with van der Waals surface area (Å²) in [7, 11) is -7.28. The summed E-state index contributed by atoms with van der Waals surface area (Å²) < 4.78 is 43.1. The molecule has 0 aromatic heterocycles. The Kier molecular flexibility index (Phi) is 17.6. The summed E-state index contributed by atoms with van der Waals surface area (Å²) in [5, 5.41) is 8.85. The highest BCUT2D eigenvalue weighted by atomic mass is 31.2. The Morgan fingerprint density at radius 3 is 1.73 bits per heavy atom. The number of unbranched alkanes of at least 4 members (excludes halogenated alkanes) is 1. The molecule has 33 heavy (non-hydrogen) atoms. The summed E-state index contributed by atoms with van der Waals surface area (Å²) in [4.78, 5) is 0. The van der Waals surface area contributed by atoms with Crippen molar-refractivity contribution in [2.24, 2.45) is 0 Å². The number of aliphatic hydroxyl groups excluding tert-OH is 1. The van der Waals surface area contributed by atoms with E-state index in [2.05, 4.69) is 45.9 Å². The van der Waals surface area contributed by atoms with Crippen LogP contribution in [0.4, 0.5) is 0 Å². The lowest BCUT2D eigenvalue weighted by atomic mass is 10.1. The van der Waals surface area contributed by atoms with E-state index >= 15 is 0 Å². The maximum atomic E-state index is 13.4. The van der Waals surface area contributed by atoms with Crippen LogP contribution in [-0.2, 0) is 22.7 Å². The Morgan fingerprint density at radius 2 is 1.27 bits per heavy atom. The summed E-state index contributed by atoms with van der Waals surface area (Å²) in [5.41, 5.74) is 4.08. The summed E-state index contributed by atoms with van der Waals surface area (Å²) in [6.45, 7) is 14.2. The number of allylic oxidation sites excluding steroid dienone is 6. The van der Waals surface area contributed by atoms with E-state index in [0.29, 0.717) is 12.8 Å². The molecule has 0 fully saturated rings. The average molecular weight is 507 g/mol.